The molecule has 1 heterocycles. The van der Waals surface area contributed by atoms with Crippen molar-refractivity contribution in [3.63, 3.8) is 0 Å². The standard InChI is InChI=1S/C27H30ClF3N2O2/c1-17-22(19-11-13-20(28)14-12-19)23(25(35)32(5)21(16-34)26(2,3)4)33(24(17)27(29,30)31)15-18-9-7-6-8-10-18/h6-14,21,34H,15-16H2,1-5H3. The fraction of sp³-hybridized carbons (Fsp3) is 0.370. The smallest absolute Gasteiger partial charge is 0.394 e. The lowest BCUT2D eigenvalue weighted by molar-refractivity contribution is -0.143. The van der Waals surface area contributed by atoms with Crippen LogP contribution in [0.25, 0.3) is 11.1 Å². The van der Waals surface area contributed by atoms with Gasteiger partial charge in [-0.05, 0) is 41.2 Å². The van der Waals surface area contributed by atoms with Crippen molar-refractivity contribution < 1.29 is 23.1 Å². The van der Waals surface area contributed by atoms with Crippen LogP contribution in [0.1, 0.15) is 48.1 Å². The van der Waals surface area contributed by atoms with Crippen molar-refractivity contribution in [1.82, 2.24) is 9.47 Å². The highest BCUT2D eigenvalue weighted by Gasteiger charge is 2.42. The summed E-state index contributed by atoms with van der Waals surface area (Å²) in [6, 6.07) is 14.5. The Morgan fingerprint density at radius 2 is 1.63 bits per heavy atom. The molecule has 35 heavy (non-hydrogen) atoms. The Hall–Kier alpha value is -2.77. The van der Waals surface area contributed by atoms with Gasteiger partial charge in [0.05, 0.1) is 12.6 Å². The molecule has 1 amide bonds. The number of rotatable bonds is 6. The summed E-state index contributed by atoms with van der Waals surface area (Å²) in [5, 5.41) is 10.5. The number of alkyl halides is 3. The molecule has 0 aliphatic carbocycles. The Labute approximate surface area is 208 Å². The number of nitrogens with zero attached hydrogens (tertiary/aromatic N) is 2. The molecule has 2 aromatic carbocycles. The Balaban J connectivity index is 2.35. The molecule has 1 aromatic heterocycles. The Morgan fingerprint density at radius 1 is 1.06 bits per heavy atom. The highest BCUT2D eigenvalue weighted by molar-refractivity contribution is 6.30. The molecule has 8 heteroatoms. The molecule has 1 atom stereocenters. The van der Waals surface area contributed by atoms with Gasteiger partial charge in [-0.1, -0.05) is 74.8 Å². The number of aliphatic hydroxyl groups excluding tert-OH is 1. The van der Waals surface area contributed by atoms with Gasteiger partial charge in [-0.2, -0.15) is 13.2 Å². The Kier molecular flexibility index (Phi) is 7.72. The van der Waals surface area contributed by atoms with Crippen LogP contribution in [-0.4, -0.2) is 40.2 Å². The second-order valence-electron chi connectivity index (χ2n) is 9.75. The van der Waals surface area contributed by atoms with E-state index < -0.39 is 29.2 Å². The van der Waals surface area contributed by atoms with Gasteiger partial charge in [0.15, 0.2) is 0 Å². The van der Waals surface area contributed by atoms with Gasteiger partial charge in [-0.15, -0.1) is 0 Å². The number of hydrogen-bond donors (Lipinski definition) is 1. The number of aromatic nitrogens is 1. The van der Waals surface area contributed by atoms with Gasteiger partial charge in [0.1, 0.15) is 11.4 Å². The molecule has 3 aromatic rings. The van der Waals surface area contributed by atoms with Crippen molar-refractivity contribution in [3.8, 4) is 11.1 Å². The van der Waals surface area contributed by atoms with E-state index in [1.54, 1.807) is 54.6 Å². The normalized spacial score (nSPS) is 13.1. The molecule has 0 saturated heterocycles. The van der Waals surface area contributed by atoms with Crippen molar-refractivity contribution >= 4 is 17.5 Å². The first-order valence-electron chi connectivity index (χ1n) is 11.3. The van der Waals surface area contributed by atoms with Gasteiger partial charge in [0.25, 0.3) is 5.91 Å². The first-order valence-corrected chi connectivity index (χ1v) is 11.6. The van der Waals surface area contributed by atoms with Crippen LogP contribution in [0.15, 0.2) is 54.6 Å². The van der Waals surface area contributed by atoms with Gasteiger partial charge < -0.3 is 14.6 Å². The predicted molar refractivity (Wildman–Crippen MR) is 133 cm³/mol. The SMILES string of the molecule is Cc1c(-c2ccc(Cl)cc2)c(C(=O)N(C)C(CO)C(C)(C)C)n(Cc2ccccc2)c1C(F)(F)F. The molecule has 3 rings (SSSR count). The van der Waals surface area contributed by atoms with Gasteiger partial charge in [0.2, 0.25) is 0 Å². The molecule has 1 unspecified atom stereocenters. The van der Waals surface area contributed by atoms with E-state index in [1.807, 2.05) is 20.8 Å². The first-order chi connectivity index (χ1) is 16.3. The van der Waals surface area contributed by atoms with E-state index in [1.165, 1.54) is 18.9 Å². The summed E-state index contributed by atoms with van der Waals surface area (Å²) in [5.41, 5.74) is -0.209. The number of aliphatic hydroxyl groups is 1. The summed E-state index contributed by atoms with van der Waals surface area (Å²) in [5.74, 6) is -0.599. The fourth-order valence-electron chi connectivity index (χ4n) is 4.51. The average Bonchev–Trinajstić information content (AvgIpc) is 3.05. The van der Waals surface area contributed by atoms with Crippen molar-refractivity contribution in [3.05, 3.63) is 82.1 Å². The number of benzene rings is 2. The number of carbonyl (C=O) groups is 1. The second-order valence-corrected chi connectivity index (χ2v) is 10.2. The zero-order chi connectivity index (χ0) is 26.1. The molecule has 0 aliphatic rings. The molecule has 0 spiro atoms. The lowest BCUT2D eigenvalue weighted by atomic mass is 9.86. The second kappa shape index (κ2) is 10.1. The van der Waals surface area contributed by atoms with E-state index >= 15 is 0 Å². The Morgan fingerprint density at radius 3 is 2.11 bits per heavy atom. The van der Waals surface area contributed by atoms with Crippen LogP contribution in [-0.2, 0) is 12.7 Å². The third-order valence-corrected chi connectivity index (χ3v) is 6.51. The summed E-state index contributed by atoms with van der Waals surface area (Å²) >= 11 is 6.03. The van der Waals surface area contributed by atoms with Crippen LogP contribution in [0.3, 0.4) is 0 Å². The monoisotopic (exact) mass is 506 g/mol. The molecule has 0 saturated carbocycles. The van der Waals surface area contributed by atoms with Crippen LogP contribution in [0.5, 0.6) is 0 Å². The van der Waals surface area contributed by atoms with E-state index in [0.717, 1.165) is 4.57 Å². The van der Waals surface area contributed by atoms with Gasteiger partial charge >= 0.3 is 6.18 Å². The maximum Gasteiger partial charge on any atom is 0.431 e. The third-order valence-electron chi connectivity index (χ3n) is 6.25. The molecule has 0 radical (unpaired) electrons. The molecule has 4 nitrogen and oxygen atoms in total. The van der Waals surface area contributed by atoms with Crippen molar-refractivity contribution in [2.45, 2.75) is 46.5 Å². The van der Waals surface area contributed by atoms with Crippen molar-refractivity contribution in [1.29, 1.82) is 0 Å². The summed E-state index contributed by atoms with van der Waals surface area (Å²) in [7, 11) is 1.52. The van der Waals surface area contributed by atoms with E-state index in [9.17, 15) is 23.1 Å². The van der Waals surface area contributed by atoms with Crippen LogP contribution in [0, 0.1) is 12.3 Å². The fourth-order valence-corrected chi connectivity index (χ4v) is 4.64. The van der Waals surface area contributed by atoms with Crippen LogP contribution in [0.2, 0.25) is 5.02 Å². The summed E-state index contributed by atoms with van der Waals surface area (Å²) in [4.78, 5) is 15.3. The minimum Gasteiger partial charge on any atom is -0.394 e. The number of carbonyl (C=O) groups excluding carboxylic acids is 1. The van der Waals surface area contributed by atoms with E-state index in [2.05, 4.69) is 0 Å². The molecule has 0 bridgehead atoms. The predicted octanol–water partition coefficient (Wildman–Crippen LogP) is 6.66. The highest BCUT2D eigenvalue weighted by Crippen LogP contribution is 2.42. The minimum atomic E-state index is -4.70. The molecule has 1 N–H and O–H groups in total. The van der Waals surface area contributed by atoms with Gasteiger partial charge in [-0.3, -0.25) is 4.79 Å². The van der Waals surface area contributed by atoms with Crippen LogP contribution >= 0.6 is 11.6 Å². The van der Waals surface area contributed by atoms with E-state index in [4.69, 9.17) is 11.6 Å². The maximum absolute atomic E-state index is 14.5. The number of halogens is 4. The largest absolute Gasteiger partial charge is 0.431 e. The summed E-state index contributed by atoms with van der Waals surface area (Å²) in [6.45, 7) is 6.52. The number of amides is 1. The van der Waals surface area contributed by atoms with Crippen molar-refractivity contribution in [2.75, 3.05) is 13.7 Å². The van der Waals surface area contributed by atoms with Crippen LogP contribution in [0.4, 0.5) is 13.2 Å². The molecular weight excluding hydrogens is 477 g/mol. The summed E-state index contributed by atoms with van der Waals surface area (Å²) in [6.07, 6.45) is -4.70. The summed E-state index contributed by atoms with van der Waals surface area (Å²) < 4.78 is 44.4. The maximum atomic E-state index is 14.5. The average molecular weight is 507 g/mol. The molecular formula is C27H30ClF3N2O2. The lowest BCUT2D eigenvalue weighted by Crippen LogP contribution is -2.48. The lowest BCUT2D eigenvalue weighted by Gasteiger charge is -2.37. The first kappa shape index (κ1) is 26.8. The zero-order valence-electron chi connectivity index (χ0n) is 20.4. The molecule has 0 fully saturated rings. The van der Waals surface area contributed by atoms with E-state index in [0.29, 0.717) is 16.1 Å². The number of likely N-dealkylation sites (N-methyl/N-ethyl adjacent to an activating group) is 1. The van der Waals surface area contributed by atoms with Gasteiger partial charge in [0, 0.05) is 24.2 Å². The third kappa shape index (κ3) is 5.57. The zero-order valence-corrected chi connectivity index (χ0v) is 21.2. The van der Waals surface area contributed by atoms with Gasteiger partial charge in [-0.25, -0.2) is 0 Å². The molecule has 0 aliphatic heterocycles. The topological polar surface area (TPSA) is 45.5 Å². The Bertz CT molecular complexity index is 1180. The van der Waals surface area contributed by atoms with E-state index in [-0.39, 0.29) is 30.0 Å². The van der Waals surface area contributed by atoms with Crippen LogP contribution < -0.4 is 0 Å². The van der Waals surface area contributed by atoms with Crippen molar-refractivity contribution in [2.24, 2.45) is 5.41 Å². The quantitative estimate of drug-likeness (QED) is 0.406. The molecule has 188 valence electrons. The minimum absolute atomic E-state index is 0.0381. The number of hydrogen-bond acceptors (Lipinski definition) is 2. The highest BCUT2D eigenvalue weighted by atomic mass is 35.5.